The monoisotopic (exact) mass is 281 g/mol. The van der Waals surface area contributed by atoms with Crippen LogP contribution in [-0.2, 0) is 16.1 Å². The second kappa shape index (κ2) is 7.07. The highest BCUT2D eigenvalue weighted by molar-refractivity contribution is 5.83. The normalized spacial score (nSPS) is 12.4. The summed E-state index contributed by atoms with van der Waals surface area (Å²) in [6, 6.07) is 1.12. The van der Waals surface area contributed by atoms with Gasteiger partial charge in [0.05, 0.1) is 5.69 Å². The molecule has 0 aliphatic heterocycles. The molecule has 1 atom stereocenters. The Morgan fingerprint density at radius 1 is 1.40 bits per heavy atom. The van der Waals surface area contributed by atoms with Gasteiger partial charge in [-0.25, -0.2) is 4.79 Å². The third-order valence-corrected chi connectivity index (χ3v) is 2.99. The molecule has 0 aromatic carbocycles. The lowest BCUT2D eigenvalue weighted by atomic mass is 10.0. The number of hydrogen-bond acceptors (Lipinski definition) is 3. The Hall–Kier alpha value is -1.85. The van der Waals surface area contributed by atoms with Gasteiger partial charge in [-0.15, -0.1) is 0 Å². The van der Waals surface area contributed by atoms with E-state index in [0.29, 0.717) is 13.0 Å². The molecule has 1 rings (SSSR count). The molecular formula is C14H23N3O3. The van der Waals surface area contributed by atoms with E-state index in [2.05, 4.69) is 10.4 Å². The largest absolute Gasteiger partial charge is 0.480 e. The molecule has 0 fully saturated rings. The summed E-state index contributed by atoms with van der Waals surface area (Å²) >= 11 is 0. The molecule has 0 saturated carbocycles. The fraction of sp³-hybridized carbons (Fsp3) is 0.643. The average Bonchev–Trinajstić information content (AvgIpc) is 2.63. The molecule has 1 unspecified atom stereocenters. The first kappa shape index (κ1) is 16.2. The summed E-state index contributed by atoms with van der Waals surface area (Å²) in [5.41, 5.74) is 1.90. The quantitative estimate of drug-likeness (QED) is 0.793. The Kier molecular flexibility index (Phi) is 5.73. The lowest BCUT2D eigenvalue weighted by Gasteiger charge is -2.16. The number of carbonyl (C=O) groups excluding carboxylic acids is 1. The fourth-order valence-corrected chi connectivity index (χ4v) is 2.07. The maximum absolute atomic E-state index is 11.8. The van der Waals surface area contributed by atoms with Crippen molar-refractivity contribution in [3.63, 3.8) is 0 Å². The van der Waals surface area contributed by atoms with E-state index in [-0.39, 0.29) is 18.2 Å². The van der Waals surface area contributed by atoms with Gasteiger partial charge in [0.2, 0.25) is 5.91 Å². The Morgan fingerprint density at radius 3 is 2.50 bits per heavy atom. The van der Waals surface area contributed by atoms with Crippen LogP contribution >= 0.6 is 0 Å². The van der Waals surface area contributed by atoms with Crippen molar-refractivity contribution in [1.29, 1.82) is 0 Å². The number of carboxylic acids is 1. The number of rotatable bonds is 7. The highest BCUT2D eigenvalue weighted by Crippen LogP contribution is 2.06. The van der Waals surface area contributed by atoms with Crippen LogP contribution in [0.3, 0.4) is 0 Å². The number of nitrogens with one attached hydrogen (secondary N) is 1. The Balaban J connectivity index is 2.50. The number of carbonyl (C=O) groups is 2. The van der Waals surface area contributed by atoms with Crippen LogP contribution < -0.4 is 5.32 Å². The van der Waals surface area contributed by atoms with Crippen molar-refractivity contribution in [3.8, 4) is 0 Å². The lowest BCUT2D eigenvalue weighted by Crippen LogP contribution is -2.41. The minimum atomic E-state index is -0.988. The van der Waals surface area contributed by atoms with Crippen LogP contribution in [0.15, 0.2) is 6.07 Å². The topological polar surface area (TPSA) is 84.2 Å². The molecule has 112 valence electrons. The molecule has 1 amide bonds. The standard InChI is InChI=1S/C14H23N3O3/c1-9(2)7-12(14(19)20)15-13(18)5-6-17-11(4)8-10(3)16-17/h8-9,12H,5-7H2,1-4H3,(H,15,18)(H,19,20). The first-order valence-corrected chi connectivity index (χ1v) is 6.82. The molecule has 20 heavy (non-hydrogen) atoms. The van der Waals surface area contributed by atoms with Crippen molar-refractivity contribution in [2.24, 2.45) is 5.92 Å². The third kappa shape index (κ3) is 5.03. The van der Waals surface area contributed by atoms with Crippen LogP contribution in [-0.4, -0.2) is 32.8 Å². The van der Waals surface area contributed by atoms with Crippen molar-refractivity contribution in [1.82, 2.24) is 15.1 Å². The van der Waals surface area contributed by atoms with Gasteiger partial charge in [0, 0.05) is 18.7 Å². The number of aliphatic carboxylic acids is 1. The van der Waals surface area contributed by atoms with Gasteiger partial charge >= 0.3 is 5.97 Å². The summed E-state index contributed by atoms with van der Waals surface area (Å²) in [7, 11) is 0. The van der Waals surface area contributed by atoms with E-state index < -0.39 is 12.0 Å². The molecule has 0 aliphatic rings. The molecule has 0 bridgehead atoms. The van der Waals surface area contributed by atoms with Crippen LogP contribution in [0.4, 0.5) is 0 Å². The highest BCUT2D eigenvalue weighted by Gasteiger charge is 2.20. The number of aromatic nitrogens is 2. The summed E-state index contributed by atoms with van der Waals surface area (Å²) in [4.78, 5) is 22.9. The molecule has 0 radical (unpaired) electrons. The van der Waals surface area contributed by atoms with Gasteiger partial charge in [-0.2, -0.15) is 5.10 Å². The molecule has 6 heteroatoms. The highest BCUT2D eigenvalue weighted by atomic mass is 16.4. The molecule has 1 aromatic rings. The van der Waals surface area contributed by atoms with Gasteiger partial charge in [-0.05, 0) is 32.3 Å². The summed E-state index contributed by atoms with van der Waals surface area (Å²) in [6.45, 7) is 8.14. The number of nitrogens with zero attached hydrogens (tertiary/aromatic N) is 2. The molecule has 0 aliphatic carbocycles. The van der Waals surface area contributed by atoms with Gasteiger partial charge in [0.1, 0.15) is 6.04 Å². The number of hydrogen-bond donors (Lipinski definition) is 2. The van der Waals surface area contributed by atoms with Gasteiger partial charge < -0.3 is 10.4 Å². The Morgan fingerprint density at radius 2 is 2.05 bits per heavy atom. The van der Waals surface area contributed by atoms with Crippen molar-refractivity contribution in [3.05, 3.63) is 17.5 Å². The van der Waals surface area contributed by atoms with Gasteiger partial charge in [-0.3, -0.25) is 9.48 Å². The number of carboxylic acid groups (broad SMARTS) is 1. The smallest absolute Gasteiger partial charge is 0.326 e. The average molecular weight is 281 g/mol. The van der Waals surface area contributed by atoms with Crippen molar-refractivity contribution in [2.45, 2.75) is 53.1 Å². The minimum Gasteiger partial charge on any atom is -0.480 e. The zero-order valence-electron chi connectivity index (χ0n) is 12.5. The maximum Gasteiger partial charge on any atom is 0.326 e. The summed E-state index contributed by atoms with van der Waals surface area (Å²) in [5, 5.41) is 15.9. The SMILES string of the molecule is Cc1cc(C)n(CCC(=O)NC(CC(C)C)C(=O)O)n1. The molecule has 0 saturated heterocycles. The molecular weight excluding hydrogens is 258 g/mol. The molecule has 1 aromatic heterocycles. The molecule has 1 heterocycles. The van der Waals surface area contributed by atoms with E-state index >= 15 is 0 Å². The third-order valence-electron chi connectivity index (χ3n) is 2.99. The molecule has 0 spiro atoms. The second-order valence-electron chi connectivity index (χ2n) is 5.49. The van der Waals surface area contributed by atoms with Crippen molar-refractivity contribution in [2.75, 3.05) is 0 Å². The first-order valence-electron chi connectivity index (χ1n) is 6.82. The zero-order valence-corrected chi connectivity index (χ0v) is 12.5. The first-order chi connectivity index (χ1) is 9.29. The van der Waals surface area contributed by atoms with Gasteiger partial charge in [-0.1, -0.05) is 13.8 Å². The Bertz CT molecular complexity index is 480. The van der Waals surface area contributed by atoms with Crippen LogP contribution in [0.5, 0.6) is 0 Å². The van der Waals surface area contributed by atoms with Crippen LogP contribution in [0, 0.1) is 19.8 Å². The second-order valence-corrected chi connectivity index (χ2v) is 5.49. The van der Waals surface area contributed by atoms with Crippen molar-refractivity contribution >= 4 is 11.9 Å². The predicted octanol–water partition coefficient (Wildman–Crippen LogP) is 1.51. The number of aryl methyl sites for hydroxylation is 3. The summed E-state index contributed by atoms with van der Waals surface area (Å²) in [5.74, 6) is -1.03. The summed E-state index contributed by atoms with van der Waals surface area (Å²) in [6.07, 6.45) is 0.658. The van der Waals surface area contributed by atoms with Crippen LogP contribution in [0.2, 0.25) is 0 Å². The predicted molar refractivity (Wildman–Crippen MR) is 75.3 cm³/mol. The van der Waals surface area contributed by atoms with E-state index in [9.17, 15) is 9.59 Å². The van der Waals surface area contributed by atoms with E-state index in [0.717, 1.165) is 11.4 Å². The lowest BCUT2D eigenvalue weighted by molar-refractivity contribution is -0.142. The maximum atomic E-state index is 11.8. The van der Waals surface area contributed by atoms with E-state index in [1.54, 1.807) is 4.68 Å². The van der Waals surface area contributed by atoms with E-state index in [1.807, 2.05) is 33.8 Å². The molecule has 2 N–H and O–H groups in total. The van der Waals surface area contributed by atoms with Crippen LogP contribution in [0.1, 0.15) is 38.1 Å². The van der Waals surface area contributed by atoms with Crippen LogP contribution in [0.25, 0.3) is 0 Å². The molecule has 6 nitrogen and oxygen atoms in total. The number of amides is 1. The van der Waals surface area contributed by atoms with Crippen molar-refractivity contribution < 1.29 is 14.7 Å². The van der Waals surface area contributed by atoms with E-state index in [4.69, 9.17) is 5.11 Å². The van der Waals surface area contributed by atoms with Gasteiger partial charge in [0.15, 0.2) is 0 Å². The zero-order chi connectivity index (χ0) is 15.3. The van der Waals surface area contributed by atoms with Gasteiger partial charge in [0.25, 0.3) is 0 Å². The minimum absolute atomic E-state index is 0.215. The Labute approximate surface area is 119 Å². The summed E-state index contributed by atoms with van der Waals surface area (Å²) < 4.78 is 1.76. The van der Waals surface area contributed by atoms with E-state index in [1.165, 1.54) is 0 Å². The fourth-order valence-electron chi connectivity index (χ4n) is 2.07.